The minimum absolute atomic E-state index is 0.0958. The number of carbonyl (C=O) groups is 2. The van der Waals surface area contributed by atoms with Crippen LogP contribution in [0.1, 0.15) is 52.7 Å². The lowest BCUT2D eigenvalue weighted by atomic mass is 10.1. The molecule has 2 atom stereocenters. The molecule has 0 radical (unpaired) electrons. The van der Waals surface area contributed by atoms with Crippen LogP contribution in [-0.2, 0) is 22.6 Å². The molecule has 304 valence electrons. The minimum atomic E-state index is -1.09. The second-order valence-electron chi connectivity index (χ2n) is 14.8. The van der Waals surface area contributed by atoms with E-state index in [1.165, 1.54) is 9.80 Å². The van der Waals surface area contributed by atoms with Crippen molar-refractivity contribution >= 4 is 70.2 Å². The second-order valence-corrected chi connectivity index (χ2v) is 15.6. The molecule has 1 saturated heterocycles. The highest BCUT2D eigenvalue weighted by atomic mass is 35.5. The third-order valence-electron chi connectivity index (χ3n) is 8.95. The van der Waals surface area contributed by atoms with Crippen LogP contribution in [0.5, 0.6) is 0 Å². The van der Waals surface area contributed by atoms with E-state index >= 15 is 0 Å². The van der Waals surface area contributed by atoms with E-state index in [-0.39, 0.29) is 43.3 Å². The van der Waals surface area contributed by atoms with Crippen LogP contribution < -0.4 is 30.2 Å². The van der Waals surface area contributed by atoms with E-state index in [0.717, 1.165) is 5.56 Å². The van der Waals surface area contributed by atoms with Gasteiger partial charge in [0.15, 0.2) is 5.79 Å². The van der Waals surface area contributed by atoms with Crippen LogP contribution in [0, 0.1) is 0 Å². The predicted octanol–water partition coefficient (Wildman–Crippen LogP) is 6.30. The van der Waals surface area contributed by atoms with E-state index in [9.17, 15) is 19.8 Å². The molecule has 1 fully saturated rings. The Balaban J connectivity index is 0.000000194. The van der Waals surface area contributed by atoms with Gasteiger partial charge in [-0.1, -0.05) is 47.5 Å². The van der Waals surface area contributed by atoms with Crippen molar-refractivity contribution in [2.45, 2.75) is 84.7 Å². The molecule has 5 heterocycles. The van der Waals surface area contributed by atoms with Gasteiger partial charge in [0.25, 0.3) is 0 Å². The number of aliphatic hydroxyl groups excluding tert-OH is 2. The average Bonchev–Trinajstić information content (AvgIpc) is 3.51. The summed E-state index contributed by atoms with van der Waals surface area (Å²) >= 11 is 12.7. The summed E-state index contributed by atoms with van der Waals surface area (Å²) in [6, 6.07) is 14.0. The summed E-state index contributed by atoms with van der Waals surface area (Å²) in [4.78, 5) is 50.6. The number of hydrogen-bond acceptors (Lipinski definition) is 12. The first kappa shape index (κ1) is 41.8. The van der Waals surface area contributed by atoms with Crippen molar-refractivity contribution in [3.05, 3.63) is 82.1 Å². The first-order valence-corrected chi connectivity index (χ1v) is 19.4. The Morgan fingerprint density at radius 3 is 1.72 bits per heavy atom. The number of urea groups is 2. The van der Waals surface area contributed by atoms with Gasteiger partial charge in [-0.05, 0) is 65.8 Å². The Bertz CT molecular complexity index is 2070. The second kappa shape index (κ2) is 17.7. The normalized spacial score (nSPS) is 18.0. The fourth-order valence-corrected chi connectivity index (χ4v) is 6.94. The summed E-state index contributed by atoms with van der Waals surface area (Å²) in [5.41, 5.74) is 2.76. The number of nitrogens with zero attached hydrogens (tertiary/aromatic N) is 8. The molecule has 7 rings (SSSR count). The lowest BCUT2D eigenvalue weighted by Crippen LogP contribution is -2.51. The number of β-amino-alcohol motifs (C(OH)–C–C–N with tert-alkyl or cyclic N) is 1. The molecule has 0 bridgehead atoms. The first-order chi connectivity index (χ1) is 27.1. The van der Waals surface area contributed by atoms with Crippen molar-refractivity contribution in [2.24, 2.45) is 0 Å². The zero-order valence-electron chi connectivity index (χ0n) is 32.7. The maximum absolute atomic E-state index is 13.5. The van der Waals surface area contributed by atoms with Gasteiger partial charge in [0, 0.05) is 35.6 Å². The van der Waals surface area contributed by atoms with Gasteiger partial charge in [0.2, 0.25) is 11.9 Å². The van der Waals surface area contributed by atoms with E-state index in [1.807, 2.05) is 59.7 Å². The maximum Gasteiger partial charge on any atom is 0.330 e. The van der Waals surface area contributed by atoms with E-state index in [1.54, 1.807) is 52.5 Å². The number of carbonyl (C=O) groups excluding carboxylic acids is 2. The fraction of sp³-hybridized carbons (Fsp3) is 0.436. The molecule has 57 heavy (non-hydrogen) atoms. The third kappa shape index (κ3) is 9.83. The minimum Gasteiger partial charge on any atom is -0.394 e. The maximum atomic E-state index is 13.5. The Labute approximate surface area is 341 Å². The molecule has 2 aromatic heterocycles. The summed E-state index contributed by atoms with van der Waals surface area (Å²) < 4.78 is 11.6. The number of aromatic nitrogens is 4. The van der Waals surface area contributed by atoms with Gasteiger partial charge >= 0.3 is 12.1 Å². The van der Waals surface area contributed by atoms with Crippen molar-refractivity contribution in [2.75, 3.05) is 56.5 Å². The summed E-state index contributed by atoms with van der Waals surface area (Å²) in [6.07, 6.45) is 2.05. The van der Waals surface area contributed by atoms with Gasteiger partial charge in [-0.25, -0.2) is 19.6 Å². The number of para-hydroxylation sites is 2. The number of halogens is 2. The Hall–Kier alpha value is -4.84. The SMILES string of the molecule is CC(C)Nc1ncc2c(n1)N(C[C@@H](O)CO)C(=O)N(c1ccccc1Cl)C2.CC(C)Nc1ncc2c(n1)N(C[C@@H]1COC(C)(C)O1)C(=O)N(c1ccccc1Cl)C2. The third-order valence-corrected chi connectivity index (χ3v) is 9.59. The monoisotopic (exact) mass is 822 g/mol. The number of amides is 4. The Morgan fingerprint density at radius 2 is 1.28 bits per heavy atom. The molecule has 2 aromatic carbocycles. The molecular formula is C39H48Cl2N10O6. The van der Waals surface area contributed by atoms with Crippen molar-refractivity contribution in [3.8, 4) is 0 Å². The molecule has 16 nitrogen and oxygen atoms in total. The van der Waals surface area contributed by atoms with Gasteiger partial charge in [0.05, 0.1) is 66.9 Å². The zero-order chi connectivity index (χ0) is 41.0. The van der Waals surface area contributed by atoms with Crippen LogP contribution >= 0.6 is 23.2 Å². The van der Waals surface area contributed by atoms with Gasteiger partial charge in [-0.15, -0.1) is 0 Å². The number of fused-ring (bicyclic) bond motifs is 2. The molecule has 0 unspecified atom stereocenters. The largest absolute Gasteiger partial charge is 0.394 e. The zero-order valence-corrected chi connectivity index (χ0v) is 34.2. The summed E-state index contributed by atoms with van der Waals surface area (Å²) in [6.45, 7) is 12.4. The number of ether oxygens (including phenoxy) is 2. The predicted molar refractivity (Wildman–Crippen MR) is 220 cm³/mol. The van der Waals surface area contributed by atoms with Crippen molar-refractivity contribution < 1.29 is 29.3 Å². The molecule has 3 aliphatic rings. The van der Waals surface area contributed by atoms with Gasteiger partial charge < -0.3 is 30.3 Å². The quantitative estimate of drug-likeness (QED) is 0.133. The van der Waals surface area contributed by atoms with Gasteiger partial charge in [0.1, 0.15) is 17.7 Å². The van der Waals surface area contributed by atoms with Crippen LogP contribution in [0.25, 0.3) is 0 Å². The molecule has 0 aliphatic carbocycles. The van der Waals surface area contributed by atoms with E-state index in [4.69, 9.17) is 32.7 Å². The summed E-state index contributed by atoms with van der Waals surface area (Å²) in [5.74, 6) is 1.19. The number of benzene rings is 2. The number of anilines is 6. The number of hydrogen-bond donors (Lipinski definition) is 4. The molecule has 0 spiro atoms. The number of aliphatic hydroxyl groups is 2. The fourth-order valence-electron chi connectivity index (χ4n) is 6.46. The average molecular weight is 824 g/mol. The molecular weight excluding hydrogens is 775 g/mol. The van der Waals surface area contributed by atoms with Crippen LogP contribution in [0.15, 0.2) is 60.9 Å². The first-order valence-electron chi connectivity index (χ1n) is 18.7. The van der Waals surface area contributed by atoms with E-state index < -0.39 is 18.5 Å². The molecule has 18 heteroatoms. The van der Waals surface area contributed by atoms with Crippen LogP contribution in [0.3, 0.4) is 0 Å². The smallest absolute Gasteiger partial charge is 0.330 e. The van der Waals surface area contributed by atoms with Crippen molar-refractivity contribution in [3.63, 3.8) is 0 Å². The topological polar surface area (TPSA) is 182 Å². The molecule has 3 aliphatic heterocycles. The van der Waals surface area contributed by atoms with Crippen molar-refractivity contribution in [1.29, 1.82) is 0 Å². The Kier molecular flexibility index (Phi) is 13.0. The lowest BCUT2D eigenvalue weighted by Gasteiger charge is -2.37. The lowest BCUT2D eigenvalue weighted by molar-refractivity contribution is -0.137. The van der Waals surface area contributed by atoms with E-state index in [0.29, 0.717) is 70.2 Å². The number of nitrogens with one attached hydrogen (secondary N) is 2. The highest BCUT2D eigenvalue weighted by Crippen LogP contribution is 2.37. The van der Waals surface area contributed by atoms with Gasteiger partial charge in [-0.2, -0.15) is 9.97 Å². The highest BCUT2D eigenvalue weighted by molar-refractivity contribution is 6.34. The van der Waals surface area contributed by atoms with Crippen LogP contribution in [-0.4, -0.2) is 98.6 Å². The highest BCUT2D eigenvalue weighted by Gasteiger charge is 2.40. The Morgan fingerprint density at radius 1 is 0.807 bits per heavy atom. The van der Waals surface area contributed by atoms with Crippen LogP contribution in [0.4, 0.5) is 44.5 Å². The molecule has 4 aromatic rings. The molecule has 4 amide bonds. The standard InChI is InChI=1S/C21H26ClN5O3.C18H22ClN5O3/c1-13(2)24-19-23-9-14-10-26(17-8-6-5-7-16(17)22)20(28)27(18(14)25-19)11-15-12-29-21(3,4)30-15;1-11(2)21-17-20-7-12-8-23(15-6-4-3-5-14(15)19)18(27)24(16(12)22-17)9-13(26)10-25/h5-9,13,15H,10-12H2,1-4H3,(H,23,24,25);3-7,11,13,25-26H,8-10H2,1-2H3,(H,20,21,22)/t15-;13-/m11/s1. The van der Waals surface area contributed by atoms with E-state index in [2.05, 4.69) is 30.6 Å². The summed E-state index contributed by atoms with van der Waals surface area (Å²) in [7, 11) is 0. The van der Waals surface area contributed by atoms with Crippen LogP contribution in [0.2, 0.25) is 10.0 Å². The van der Waals surface area contributed by atoms with Gasteiger partial charge in [-0.3, -0.25) is 19.6 Å². The molecule has 0 saturated carbocycles. The number of rotatable bonds is 11. The summed E-state index contributed by atoms with van der Waals surface area (Å²) in [5, 5.41) is 26.4. The molecule has 4 N–H and O–H groups in total. The van der Waals surface area contributed by atoms with Crippen molar-refractivity contribution in [1.82, 2.24) is 19.9 Å².